The van der Waals surface area contributed by atoms with Gasteiger partial charge in [-0.2, -0.15) is 0 Å². The lowest BCUT2D eigenvalue weighted by molar-refractivity contribution is -0.135. The van der Waals surface area contributed by atoms with E-state index in [0.29, 0.717) is 6.04 Å². The number of hydrogen-bond donors (Lipinski definition) is 3. The molecule has 0 spiro atoms. The van der Waals surface area contributed by atoms with Crippen LogP contribution in [0, 0.1) is 0 Å². The minimum atomic E-state index is -0.191. The number of halogens is 1. The van der Waals surface area contributed by atoms with Gasteiger partial charge in [0.15, 0.2) is 0 Å². The van der Waals surface area contributed by atoms with E-state index < -0.39 is 0 Å². The molecule has 2 fully saturated rings. The summed E-state index contributed by atoms with van der Waals surface area (Å²) in [4.78, 5) is 15.0. The first-order chi connectivity index (χ1) is 11.2. The Morgan fingerprint density at radius 1 is 1.35 bits per heavy atom. The van der Waals surface area contributed by atoms with Gasteiger partial charge in [0.1, 0.15) is 6.04 Å². The van der Waals surface area contributed by atoms with Crippen molar-refractivity contribution in [1.29, 1.82) is 0 Å². The van der Waals surface area contributed by atoms with E-state index in [-0.39, 0.29) is 18.0 Å². The number of carbonyl (C=O) groups is 1. The molecule has 1 amide bonds. The summed E-state index contributed by atoms with van der Waals surface area (Å²) in [7, 11) is 0. The maximum absolute atomic E-state index is 12.9. The molecule has 3 N–H and O–H groups in total. The van der Waals surface area contributed by atoms with Crippen molar-refractivity contribution in [1.82, 2.24) is 21.1 Å². The highest BCUT2D eigenvalue weighted by atomic mass is 35.5. The number of nitrogens with zero attached hydrogens (tertiary/aromatic N) is 1. The average molecular weight is 337 g/mol. The van der Waals surface area contributed by atoms with Crippen molar-refractivity contribution in [3.05, 3.63) is 34.9 Å². The maximum atomic E-state index is 12.9. The van der Waals surface area contributed by atoms with E-state index in [0.717, 1.165) is 49.5 Å². The van der Waals surface area contributed by atoms with Gasteiger partial charge < -0.3 is 10.2 Å². The molecule has 6 heteroatoms. The van der Waals surface area contributed by atoms with Crippen LogP contribution in [0.25, 0.3) is 0 Å². The van der Waals surface area contributed by atoms with Crippen molar-refractivity contribution in [3.63, 3.8) is 0 Å². The smallest absolute Gasteiger partial charge is 0.241 e. The van der Waals surface area contributed by atoms with Gasteiger partial charge in [0, 0.05) is 30.2 Å². The molecule has 2 saturated heterocycles. The summed E-state index contributed by atoms with van der Waals surface area (Å²) < 4.78 is 0. The predicted molar refractivity (Wildman–Crippen MR) is 92.1 cm³/mol. The van der Waals surface area contributed by atoms with Crippen molar-refractivity contribution >= 4 is 17.5 Å². The van der Waals surface area contributed by atoms with E-state index in [1.807, 2.05) is 29.2 Å². The zero-order chi connectivity index (χ0) is 16.2. The molecule has 0 bridgehead atoms. The highest BCUT2D eigenvalue weighted by Gasteiger charge is 2.36. The lowest BCUT2D eigenvalue weighted by atomic mass is 10.0. The Labute approximate surface area is 142 Å². The van der Waals surface area contributed by atoms with Gasteiger partial charge in [-0.25, -0.2) is 10.9 Å². The van der Waals surface area contributed by atoms with Gasteiger partial charge in [0.2, 0.25) is 5.91 Å². The molecular formula is C17H25ClN4O. The van der Waals surface area contributed by atoms with Crippen LogP contribution in [0.2, 0.25) is 5.02 Å². The Kier molecular flexibility index (Phi) is 5.54. The van der Waals surface area contributed by atoms with Crippen LogP contribution in [-0.4, -0.2) is 42.5 Å². The van der Waals surface area contributed by atoms with Crippen LogP contribution in [0.5, 0.6) is 0 Å². The summed E-state index contributed by atoms with van der Waals surface area (Å²) in [6.45, 7) is 4.84. The van der Waals surface area contributed by atoms with E-state index in [4.69, 9.17) is 11.6 Å². The summed E-state index contributed by atoms with van der Waals surface area (Å²) in [5, 5.41) is 4.09. The lowest BCUT2D eigenvalue weighted by Crippen LogP contribution is -2.50. The fraction of sp³-hybridized carbons (Fsp3) is 0.588. The molecule has 2 aliphatic heterocycles. The second-order valence-electron chi connectivity index (χ2n) is 6.33. The van der Waals surface area contributed by atoms with Crippen LogP contribution in [0.15, 0.2) is 24.3 Å². The first-order valence-corrected chi connectivity index (χ1v) is 8.85. The van der Waals surface area contributed by atoms with Crippen LogP contribution in [0.3, 0.4) is 0 Å². The van der Waals surface area contributed by atoms with Gasteiger partial charge in [-0.3, -0.25) is 4.79 Å². The SMILES string of the molecule is CCCN(C(=O)C1CC(c2ccccc2Cl)NN1)C1CCNC1. The van der Waals surface area contributed by atoms with E-state index in [1.165, 1.54) is 0 Å². The minimum absolute atomic E-state index is 0.0721. The Morgan fingerprint density at radius 3 is 2.87 bits per heavy atom. The quantitative estimate of drug-likeness (QED) is 0.768. The normalized spacial score (nSPS) is 27.3. The Morgan fingerprint density at radius 2 is 2.17 bits per heavy atom. The number of amides is 1. The van der Waals surface area contributed by atoms with Crippen LogP contribution >= 0.6 is 11.6 Å². The van der Waals surface area contributed by atoms with Gasteiger partial charge in [-0.05, 0) is 37.4 Å². The number of nitrogens with one attached hydrogen (secondary N) is 3. The first-order valence-electron chi connectivity index (χ1n) is 8.47. The number of rotatable bonds is 5. The van der Waals surface area contributed by atoms with E-state index in [2.05, 4.69) is 23.1 Å². The van der Waals surface area contributed by atoms with Crippen molar-refractivity contribution in [3.8, 4) is 0 Å². The third kappa shape index (κ3) is 3.69. The van der Waals surface area contributed by atoms with Gasteiger partial charge in [-0.15, -0.1) is 0 Å². The molecule has 0 saturated carbocycles. The van der Waals surface area contributed by atoms with Crippen molar-refractivity contribution in [2.45, 2.75) is 44.3 Å². The topological polar surface area (TPSA) is 56.4 Å². The number of carbonyl (C=O) groups excluding carboxylic acids is 1. The summed E-state index contributed by atoms with van der Waals surface area (Å²) in [6, 6.07) is 8.01. The third-order valence-electron chi connectivity index (χ3n) is 4.70. The van der Waals surface area contributed by atoms with Gasteiger partial charge in [-0.1, -0.05) is 36.7 Å². The molecule has 3 unspecified atom stereocenters. The Bertz CT molecular complexity index is 547. The van der Waals surface area contributed by atoms with Crippen molar-refractivity contribution in [2.24, 2.45) is 0 Å². The van der Waals surface area contributed by atoms with E-state index in [1.54, 1.807) is 0 Å². The van der Waals surface area contributed by atoms with E-state index >= 15 is 0 Å². The predicted octanol–water partition coefficient (Wildman–Crippen LogP) is 1.85. The van der Waals surface area contributed by atoms with Crippen molar-refractivity contribution in [2.75, 3.05) is 19.6 Å². The van der Waals surface area contributed by atoms with Gasteiger partial charge >= 0.3 is 0 Å². The fourth-order valence-electron chi connectivity index (χ4n) is 3.50. The van der Waals surface area contributed by atoms with Gasteiger partial charge in [0.05, 0.1) is 0 Å². The molecule has 23 heavy (non-hydrogen) atoms. The Hall–Kier alpha value is -1.14. The van der Waals surface area contributed by atoms with Crippen LogP contribution in [0.1, 0.15) is 37.8 Å². The molecule has 2 aliphatic rings. The molecule has 5 nitrogen and oxygen atoms in total. The zero-order valence-corrected chi connectivity index (χ0v) is 14.3. The summed E-state index contributed by atoms with van der Waals surface area (Å²) in [5.41, 5.74) is 7.45. The summed E-state index contributed by atoms with van der Waals surface area (Å²) >= 11 is 6.28. The average Bonchev–Trinajstić information content (AvgIpc) is 3.24. The maximum Gasteiger partial charge on any atom is 0.241 e. The minimum Gasteiger partial charge on any atom is -0.337 e. The molecule has 0 aromatic heterocycles. The summed E-state index contributed by atoms with van der Waals surface area (Å²) in [5.74, 6) is 0.197. The van der Waals surface area contributed by atoms with Gasteiger partial charge in [0.25, 0.3) is 0 Å². The number of hydrogen-bond acceptors (Lipinski definition) is 4. The zero-order valence-electron chi connectivity index (χ0n) is 13.5. The highest BCUT2D eigenvalue weighted by Crippen LogP contribution is 2.29. The Balaban J connectivity index is 1.67. The molecule has 0 radical (unpaired) electrons. The van der Waals surface area contributed by atoms with E-state index in [9.17, 15) is 4.79 Å². The molecule has 1 aromatic rings. The molecule has 126 valence electrons. The molecular weight excluding hydrogens is 312 g/mol. The third-order valence-corrected chi connectivity index (χ3v) is 5.05. The standard InChI is InChI=1S/C17H25ClN4O/c1-2-9-22(12-7-8-19-11-12)17(23)16-10-15(20-21-16)13-5-3-4-6-14(13)18/h3-6,12,15-16,19-21H,2,7-11H2,1H3. The highest BCUT2D eigenvalue weighted by molar-refractivity contribution is 6.31. The van der Waals surface area contributed by atoms with Crippen LogP contribution in [-0.2, 0) is 4.79 Å². The number of hydrazine groups is 1. The molecule has 3 rings (SSSR count). The molecule has 2 heterocycles. The van der Waals surface area contributed by atoms with Crippen LogP contribution < -0.4 is 16.2 Å². The molecule has 0 aliphatic carbocycles. The number of benzene rings is 1. The lowest BCUT2D eigenvalue weighted by Gasteiger charge is -2.30. The molecule has 3 atom stereocenters. The molecule has 1 aromatic carbocycles. The largest absolute Gasteiger partial charge is 0.337 e. The summed E-state index contributed by atoms with van der Waals surface area (Å²) in [6.07, 6.45) is 2.75. The second-order valence-corrected chi connectivity index (χ2v) is 6.74. The second kappa shape index (κ2) is 7.62. The fourth-order valence-corrected chi connectivity index (χ4v) is 3.77. The first kappa shape index (κ1) is 16.7. The van der Waals surface area contributed by atoms with Crippen molar-refractivity contribution < 1.29 is 4.79 Å². The van der Waals surface area contributed by atoms with Crippen LogP contribution in [0.4, 0.5) is 0 Å². The monoisotopic (exact) mass is 336 g/mol.